The maximum Gasteiger partial charge on any atom is 0.251 e. The second-order valence-electron chi connectivity index (χ2n) is 6.32. The molecule has 3 rings (SSSR count). The largest absolute Gasteiger partial charge is 0.342 e. The third kappa shape index (κ3) is 4.23. The topological polar surface area (TPSA) is 57.8 Å². The molecular formula is C20H23N3OS. The molecule has 5 heteroatoms. The molecule has 1 heterocycles. The number of benzene rings is 2. The Morgan fingerprint density at radius 1 is 1.20 bits per heavy atom. The highest BCUT2D eigenvalue weighted by atomic mass is 32.2. The normalized spacial score (nSPS) is 12.3. The summed E-state index contributed by atoms with van der Waals surface area (Å²) in [6.07, 6.45) is 2.90. The smallest absolute Gasteiger partial charge is 0.251 e. The van der Waals surface area contributed by atoms with Crippen LogP contribution < -0.4 is 5.32 Å². The van der Waals surface area contributed by atoms with Crippen molar-refractivity contribution < 1.29 is 4.79 Å². The van der Waals surface area contributed by atoms with Crippen LogP contribution in [0.5, 0.6) is 0 Å². The van der Waals surface area contributed by atoms with Gasteiger partial charge in [0.05, 0.1) is 17.1 Å². The summed E-state index contributed by atoms with van der Waals surface area (Å²) in [7, 11) is 0. The minimum Gasteiger partial charge on any atom is -0.342 e. The summed E-state index contributed by atoms with van der Waals surface area (Å²) in [4.78, 5) is 20.8. The SMILES string of the molecule is CSCC[C@H](NC(=O)c1cc(C)cc(C)c1)c1nc2ccccc2[nH]1. The zero-order valence-electron chi connectivity index (χ0n) is 14.8. The van der Waals surface area contributed by atoms with E-state index in [1.807, 2.05) is 50.2 Å². The van der Waals surface area contributed by atoms with E-state index in [9.17, 15) is 4.79 Å². The van der Waals surface area contributed by atoms with E-state index in [0.29, 0.717) is 5.56 Å². The van der Waals surface area contributed by atoms with Crippen LogP contribution in [0.15, 0.2) is 42.5 Å². The molecule has 2 aromatic carbocycles. The summed E-state index contributed by atoms with van der Waals surface area (Å²) in [5, 5.41) is 3.15. The number of nitrogens with one attached hydrogen (secondary N) is 2. The number of para-hydroxylation sites is 2. The second kappa shape index (κ2) is 7.74. The van der Waals surface area contributed by atoms with Crippen LogP contribution >= 0.6 is 11.8 Å². The maximum atomic E-state index is 12.8. The molecule has 0 aliphatic carbocycles. The average molecular weight is 353 g/mol. The lowest BCUT2D eigenvalue weighted by Gasteiger charge is -2.17. The van der Waals surface area contributed by atoms with Crippen molar-refractivity contribution >= 4 is 28.7 Å². The van der Waals surface area contributed by atoms with E-state index in [-0.39, 0.29) is 11.9 Å². The molecule has 0 saturated carbocycles. The molecule has 2 N–H and O–H groups in total. The number of aryl methyl sites for hydroxylation is 2. The van der Waals surface area contributed by atoms with Crippen molar-refractivity contribution in [2.24, 2.45) is 0 Å². The summed E-state index contributed by atoms with van der Waals surface area (Å²) in [5.74, 6) is 1.71. The Hall–Kier alpha value is -2.27. The van der Waals surface area contributed by atoms with Gasteiger partial charge in [-0.25, -0.2) is 4.98 Å². The summed E-state index contributed by atoms with van der Waals surface area (Å²) in [6.45, 7) is 4.02. The monoisotopic (exact) mass is 353 g/mol. The van der Waals surface area contributed by atoms with Gasteiger partial charge in [-0.3, -0.25) is 4.79 Å². The summed E-state index contributed by atoms with van der Waals surface area (Å²) in [5.41, 5.74) is 4.80. The van der Waals surface area contributed by atoms with Crippen LogP contribution in [0, 0.1) is 13.8 Å². The van der Waals surface area contributed by atoms with Crippen molar-refractivity contribution in [3.05, 3.63) is 65.0 Å². The number of thioether (sulfide) groups is 1. The van der Waals surface area contributed by atoms with E-state index in [2.05, 4.69) is 27.6 Å². The van der Waals surface area contributed by atoms with E-state index in [1.165, 1.54) is 0 Å². The quantitative estimate of drug-likeness (QED) is 0.690. The lowest BCUT2D eigenvalue weighted by atomic mass is 10.1. The minimum absolute atomic E-state index is 0.0571. The minimum atomic E-state index is -0.131. The highest BCUT2D eigenvalue weighted by Gasteiger charge is 2.19. The van der Waals surface area contributed by atoms with Crippen molar-refractivity contribution in [2.75, 3.05) is 12.0 Å². The fourth-order valence-electron chi connectivity index (χ4n) is 3.00. The molecule has 130 valence electrons. The maximum absolute atomic E-state index is 12.8. The van der Waals surface area contributed by atoms with Gasteiger partial charge in [0, 0.05) is 5.56 Å². The Morgan fingerprint density at radius 3 is 2.60 bits per heavy atom. The predicted molar refractivity (Wildman–Crippen MR) is 105 cm³/mol. The zero-order chi connectivity index (χ0) is 17.8. The van der Waals surface area contributed by atoms with Crippen LogP contribution in [0.25, 0.3) is 11.0 Å². The molecule has 0 aliphatic rings. The molecule has 0 fully saturated rings. The number of aromatic amines is 1. The van der Waals surface area contributed by atoms with Gasteiger partial charge in [0.25, 0.3) is 5.91 Å². The summed E-state index contributed by atoms with van der Waals surface area (Å²) < 4.78 is 0. The highest BCUT2D eigenvalue weighted by molar-refractivity contribution is 7.98. The van der Waals surface area contributed by atoms with Crippen LogP contribution in [0.4, 0.5) is 0 Å². The molecule has 0 bridgehead atoms. The van der Waals surface area contributed by atoms with Gasteiger partial charge in [-0.2, -0.15) is 11.8 Å². The van der Waals surface area contributed by atoms with Crippen molar-refractivity contribution in [1.82, 2.24) is 15.3 Å². The van der Waals surface area contributed by atoms with Crippen LogP contribution in [-0.4, -0.2) is 27.9 Å². The Morgan fingerprint density at radius 2 is 1.92 bits per heavy atom. The number of fused-ring (bicyclic) bond motifs is 1. The van der Waals surface area contributed by atoms with E-state index in [4.69, 9.17) is 0 Å². The molecule has 1 aromatic heterocycles. The number of hydrogen-bond acceptors (Lipinski definition) is 3. The number of H-pyrrole nitrogens is 1. The number of carbonyl (C=O) groups excluding carboxylic acids is 1. The second-order valence-corrected chi connectivity index (χ2v) is 7.31. The third-order valence-electron chi connectivity index (χ3n) is 4.14. The predicted octanol–water partition coefficient (Wildman–Crippen LogP) is 4.40. The van der Waals surface area contributed by atoms with E-state index in [1.54, 1.807) is 11.8 Å². The number of carbonyl (C=O) groups is 1. The lowest BCUT2D eigenvalue weighted by Crippen LogP contribution is -2.30. The molecule has 0 aliphatic heterocycles. The van der Waals surface area contributed by atoms with Crippen molar-refractivity contribution in [1.29, 1.82) is 0 Å². The van der Waals surface area contributed by atoms with Crippen molar-refractivity contribution in [3.63, 3.8) is 0 Å². The van der Waals surface area contributed by atoms with E-state index >= 15 is 0 Å². The van der Waals surface area contributed by atoms with E-state index < -0.39 is 0 Å². The van der Waals surface area contributed by atoms with Crippen LogP contribution in [0.2, 0.25) is 0 Å². The van der Waals surface area contributed by atoms with Crippen molar-refractivity contribution in [2.45, 2.75) is 26.3 Å². The molecule has 1 amide bonds. The van der Waals surface area contributed by atoms with Crippen LogP contribution in [-0.2, 0) is 0 Å². The van der Waals surface area contributed by atoms with Gasteiger partial charge >= 0.3 is 0 Å². The molecule has 1 atom stereocenters. The van der Waals surface area contributed by atoms with Gasteiger partial charge in [-0.15, -0.1) is 0 Å². The molecule has 0 radical (unpaired) electrons. The standard InChI is InChI=1S/C20H23N3OS/c1-13-10-14(2)12-15(11-13)20(24)23-18(8-9-25-3)19-21-16-6-4-5-7-17(16)22-19/h4-7,10-12,18H,8-9H2,1-3H3,(H,21,22)(H,23,24)/t18-/m0/s1. The first kappa shape index (κ1) is 17.5. The number of nitrogens with zero attached hydrogens (tertiary/aromatic N) is 1. The number of aromatic nitrogens is 2. The number of rotatable bonds is 6. The van der Waals surface area contributed by atoms with Gasteiger partial charge in [-0.1, -0.05) is 29.3 Å². The first-order chi connectivity index (χ1) is 12.1. The number of amides is 1. The molecule has 3 aromatic rings. The van der Waals surface area contributed by atoms with Gasteiger partial charge in [-0.05, 0) is 56.5 Å². The Kier molecular flexibility index (Phi) is 5.43. The number of hydrogen-bond donors (Lipinski definition) is 2. The highest BCUT2D eigenvalue weighted by Crippen LogP contribution is 2.21. The summed E-state index contributed by atoms with van der Waals surface area (Å²) in [6, 6.07) is 13.7. The first-order valence-electron chi connectivity index (χ1n) is 8.39. The Labute approximate surface area is 152 Å². The number of imidazole rings is 1. The first-order valence-corrected chi connectivity index (χ1v) is 9.79. The van der Waals surface area contributed by atoms with Gasteiger partial charge in [0.2, 0.25) is 0 Å². The van der Waals surface area contributed by atoms with Gasteiger partial charge in [0.15, 0.2) is 0 Å². The molecular weight excluding hydrogens is 330 g/mol. The van der Waals surface area contributed by atoms with Crippen molar-refractivity contribution in [3.8, 4) is 0 Å². The van der Waals surface area contributed by atoms with E-state index in [0.717, 1.165) is 40.2 Å². The Balaban J connectivity index is 1.86. The lowest BCUT2D eigenvalue weighted by molar-refractivity contribution is 0.0934. The molecule has 25 heavy (non-hydrogen) atoms. The third-order valence-corrected chi connectivity index (χ3v) is 4.78. The average Bonchev–Trinajstić information content (AvgIpc) is 3.01. The fourth-order valence-corrected chi connectivity index (χ4v) is 3.47. The van der Waals surface area contributed by atoms with Crippen LogP contribution in [0.3, 0.4) is 0 Å². The van der Waals surface area contributed by atoms with Crippen LogP contribution in [0.1, 0.15) is 39.8 Å². The molecule has 0 saturated heterocycles. The molecule has 0 spiro atoms. The fraction of sp³-hybridized carbons (Fsp3) is 0.300. The Bertz CT molecular complexity index is 834. The van der Waals surface area contributed by atoms with Gasteiger partial charge < -0.3 is 10.3 Å². The molecule has 0 unspecified atom stereocenters. The van der Waals surface area contributed by atoms with Gasteiger partial charge in [0.1, 0.15) is 5.82 Å². The zero-order valence-corrected chi connectivity index (χ0v) is 15.6. The summed E-state index contributed by atoms with van der Waals surface area (Å²) >= 11 is 1.77. The molecule has 4 nitrogen and oxygen atoms in total.